The topological polar surface area (TPSA) is 87.8 Å². The standard InChI is InChI=1S/C12H17NO5S/c1-7(9-4-5-9)13(3)19(16,17)11-6-10(12(14)15)18-8(11)2/h6-7,9H,4-5H2,1-3H3,(H,14,15). The molecular formula is C12H17NO5S. The minimum atomic E-state index is -3.71. The lowest BCUT2D eigenvalue weighted by molar-refractivity contribution is 0.0661. The Kier molecular flexibility index (Phi) is 3.44. The van der Waals surface area contributed by atoms with E-state index in [1.807, 2.05) is 6.92 Å². The molecule has 106 valence electrons. The molecule has 1 aliphatic rings. The van der Waals surface area contributed by atoms with E-state index < -0.39 is 16.0 Å². The van der Waals surface area contributed by atoms with Crippen LogP contribution >= 0.6 is 0 Å². The van der Waals surface area contributed by atoms with Crippen molar-refractivity contribution in [3.63, 3.8) is 0 Å². The number of furan rings is 1. The average molecular weight is 287 g/mol. The van der Waals surface area contributed by atoms with E-state index in [0.29, 0.717) is 5.92 Å². The van der Waals surface area contributed by atoms with Gasteiger partial charge < -0.3 is 9.52 Å². The molecule has 1 N–H and O–H groups in total. The van der Waals surface area contributed by atoms with Gasteiger partial charge in [0.2, 0.25) is 15.8 Å². The van der Waals surface area contributed by atoms with Crippen molar-refractivity contribution in [3.8, 4) is 0 Å². The zero-order chi connectivity index (χ0) is 14.4. The first-order valence-electron chi connectivity index (χ1n) is 6.07. The zero-order valence-corrected chi connectivity index (χ0v) is 11.9. The van der Waals surface area contributed by atoms with Crippen LogP contribution in [0.3, 0.4) is 0 Å². The molecular weight excluding hydrogens is 270 g/mol. The number of carboxylic acid groups (broad SMARTS) is 1. The SMILES string of the molecule is Cc1oc(C(=O)O)cc1S(=O)(=O)N(C)C(C)C1CC1. The molecule has 1 unspecified atom stereocenters. The Morgan fingerprint density at radius 1 is 1.53 bits per heavy atom. The lowest BCUT2D eigenvalue weighted by atomic mass is 10.2. The van der Waals surface area contributed by atoms with Crippen LogP contribution in [0.5, 0.6) is 0 Å². The van der Waals surface area contributed by atoms with Crippen LogP contribution in [0.1, 0.15) is 36.1 Å². The average Bonchev–Trinajstić information content (AvgIpc) is 3.09. The highest BCUT2D eigenvalue weighted by Gasteiger charge is 2.37. The molecule has 1 fully saturated rings. The Labute approximate surface area is 112 Å². The minimum absolute atomic E-state index is 0.0695. The Morgan fingerprint density at radius 2 is 2.11 bits per heavy atom. The number of hydrogen-bond acceptors (Lipinski definition) is 4. The third-order valence-electron chi connectivity index (χ3n) is 3.62. The van der Waals surface area contributed by atoms with Crippen LogP contribution in [0.4, 0.5) is 0 Å². The van der Waals surface area contributed by atoms with E-state index in [-0.39, 0.29) is 22.5 Å². The summed E-state index contributed by atoms with van der Waals surface area (Å²) in [6, 6.07) is 0.982. The van der Waals surface area contributed by atoms with Gasteiger partial charge in [0.05, 0.1) is 0 Å². The van der Waals surface area contributed by atoms with E-state index in [2.05, 4.69) is 0 Å². The van der Waals surface area contributed by atoms with Gasteiger partial charge >= 0.3 is 5.97 Å². The molecule has 0 aliphatic heterocycles. The van der Waals surface area contributed by atoms with E-state index >= 15 is 0 Å². The minimum Gasteiger partial charge on any atom is -0.475 e. The molecule has 1 heterocycles. The summed E-state index contributed by atoms with van der Waals surface area (Å²) in [6.07, 6.45) is 2.07. The number of carboxylic acids is 1. The monoisotopic (exact) mass is 287 g/mol. The lowest BCUT2D eigenvalue weighted by Gasteiger charge is -2.23. The van der Waals surface area contributed by atoms with Gasteiger partial charge in [-0.1, -0.05) is 0 Å². The van der Waals surface area contributed by atoms with E-state index in [4.69, 9.17) is 9.52 Å². The van der Waals surface area contributed by atoms with Gasteiger partial charge in [-0.15, -0.1) is 0 Å². The molecule has 0 spiro atoms. The van der Waals surface area contributed by atoms with Gasteiger partial charge in [0.15, 0.2) is 0 Å². The maximum Gasteiger partial charge on any atom is 0.371 e. The van der Waals surface area contributed by atoms with E-state index in [9.17, 15) is 13.2 Å². The lowest BCUT2D eigenvalue weighted by Crippen LogP contribution is -2.36. The normalized spacial score (nSPS) is 17.7. The number of rotatable bonds is 5. The zero-order valence-electron chi connectivity index (χ0n) is 11.1. The van der Waals surface area contributed by atoms with Gasteiger partial charge in [0, 0.05) is 19.2 Å². The molecule has 6 nitrogen and oxygen atoms in total. The van der Waals surface area contributed by atoms with Gasteiger partial charge in [-0.25, -0.2) is 13.2 Å². The molecule has 1 saturated carbocycles. The molecule has 1 aromatic heterocycles. The molecule has 0 amide bonds. The first kappa shape index (κ1) is 14.1. The molecule has 1 aromatic rings. The Balaban J connectivity index is 2.35. The number of hydrogen-bond donors (Lipinski definition) is 1. The van der Waals surface area contributed by atoms with Crippen LogP contribution in [0.15, 0.2) is 15.4 Å². The molecule has 0 bridgehead atoms. The predicted molar refractivity (Wildman–Crippen MR) is 67.5 cm³/mol. The maximum atomic E-state index is 12.4. The highest BCUT2D eigenvalue weighted by molar-refractivity contribution is 7.89. The molecule has 0 saturated heterocycles. The number of aromatic carboxylic acids is 1. The van der Waals surface area contributed by atoms with Crippen molar-refractivity contribution >= 4 is 16.0 Å². The van der Waals surface area contributed by atoms with Crippen molar-refractivity contribution in [1.29, 1.82) is 0 Å². The smallest absolute Gasteiger partial charge is 0.371 e. The van der Waals surface area contributed by atoms with Crippen LogP contribution in [-0.4, -0.2) is 36.9 Å². The van der Waals surface area contributed by atoms with Crippen molar-refractivity contribution in [2.24, 2.45) is 5.92 Å². The quantitative estimate of drug-likeness (QED) is 0.890. The first-order chi connectivity index (χ1) is 8.75. The fourth-order valence-corrected chi connectivity index (χ4v) is 3.66. The Morgan fingerprint density at radius 3 is 2.53 bits per heavy atom. The van der Waals surface area contributed by atoms with Gasteiger partial charge in [0.1, 0.15) is 10.7 Å². The predicted octanol–water partition coefficient (Wildman–Crippen LogP) is 1.71. The first-order valence-corrected chi connectivity index (χ1v) is 7.51. The highest BCUT2D eigenvalue weighted by atomic mass is 32.2. The maximum absolute atomic E-state index is 12.4. The molecule has 19 heavy (non-hydrogen) atoms. The summed E-state index contributed by atoms with van der Waals surface area (Å²) in [5.41, 5.74) is 0. The second-order valence-electron chi connectivity index (χ2n) is 4.94. The van der Waals surface area contributed by atoms with E-state index in [1.54, 1.807) is 0 Å². The molecule has 0 aromatic carbocycles. The van der Waals surface area contributed by atoms with E-state index in [0.717, 1.165) is 18.9 Å². The van der Waals surface area contributed by atoms with Gasteiger partial charge in [-0.05, 0) is 32.6 Å². The molecule has 0 radical (unpaired) electrons. The fraction of sp³-hybridized carbons (Fsp3) is 0.583. The van der Waals surface area contributed by atoms with Crippen molar-refractivity contribution in [2.75, 3.05) is 7.05 Å². The van der Waals surface area contributed by atoms with Gasteiger partial charge in [0.25, 0.3) is 0 Å². The highest BCUT2D eigenvalue weighted by Crippen LogP contribution is 2.37. The van der Waals surface area contributed by atoms with Crippen molar-refractivity contribution in [1.82, 2.24) is 4.31 Å². The van der Waals surface area contributed by atoms with Crippen molar-refractivity contribution in [3.05, 3.63) is 17.6 Å². The Hall–Kier alpha value is -1.34. The molecule has 7 heteroatoms. The van der Waals surface area contributed by atoms with Crippen molar-refractivity contribution < 1.29 is 22.7 Å². The fourth-order valence-electron chi connectivity index (χ4n) is 2.08. The number of carbonyl (C=O) groups is 1. The summed E-state index contributed by atoms with van der Waals surface area (Å²) in [5.74, 6) is -1.14. The largest absolute Gasteiger partial charge is 0.475 e. The summed E-state index contributed by atoms with van der Waals surface area (Å²) in [5, 5.41) is 8.83. The molecule has 2 rings (SSSR count). The number of aryl methyl sites for hydroxylation is 1. The Bertz CT molecular complexity index is 600. The summed E-state index contributed by atoms with van der Waals surface area (Å²) in [6.45, 7) is 3.32. The second kappa shape index (κ2) is 4.64. The van der Waals surface area contributed by atoms with Crippen LogP contribution in [0.2, 0.25) is 0 Å². The number of nitrogens with zero attached hydrogens (tertiary/aromatic N) is 1. The summed E-state index contributed by atoms with van der Waals surface area (Å²) in [7, 11) is -2.19. The van der Waals surface area contributed by atoms with Gasteiger partial charge in [-0.3, -0.25) is 0 Å². The van der Waals surface area contributed by atoms with Crippen LogP contribution in [0, 0.1) is 12.8 Å². The molecule has 1 aliphatic carbocycles. The van der Waals surface area contributed by atoms with Crippen LogP contribution < -0.4 is 0 Å². The van der Waals surface area contributed by atoms with E-state index in [1.165, 1.54) is 18.3 Å². The molecule has 1 atom stereocenters. The third kappa shape index (κ3) is 2.52. The third-order valence-corrected chi connectivity index (χ3v) is 5.67. The second-order valence-corrected chi connectivity index (χ2v) is 6.90. The van der Waals surface area contributed by atoms with Gasteiger partial charge in [-0.2, -0.15) is 4.31 Å². The summed E-state index contributed by atoms with van der Waals surface area (Å²) in [4.78, 5) is 10.7. The summed E-state index contributed by atoms with van der Waals surface area (Å²) >= 11 is 0. The number of sulfonamides is 1. The van der Waals surface area contributed by atoms with Crippen LogP contribution in [-0.2, 0) is 10.0 Å². The van der Waals surface area contributed by atoms with Crippen LogP contribution in [0.25, 0.3) is 0 Å². The summed E-state index contributed by atoms with van der Waals surface area (Å²) < 4.78 is 31.1. The van der Waals surface area contributed by atoms with Crippen molar-refractivity contribution in [2.45, 2.75) is 37.6 Å².